The third-order valence-corrected chi connectivity index (χ3v) is 11.8. The van der Waals surface area contributed by atoms with Crippen molar-refractivity contribution in [2.24, 2.45) is 0 Å². The zero-order valence-electron chi connectivity index (χ0n) is 29.9. The van der Waals surface area contributed by atoms with E-state index in [9.17, 15) is 0 Å². The maximum atomic E-state index is 6.52. The predicted octanol–water partition coefficient (Wildman–Crippen LogP) is 15.5. The van der Waals surface area contributed by atoms with Crippen LogP contribution in [0.15, 0.2) is 199 Å². The lowest BCUT2D eigenvalue weighted by atomic mass is 9.85. The van der Waals surface area contributed by atoms with Gasteiger partial charge < -0.3 is 4.42 Å². The molecule has 11 aromatic carbocycles. The highest BCUT2D eigenvalue weighted by molar-refractivity contribution is 6.24. The Balaban J connectivity index is 0.971. The van der Waals surface area contributed by atoms with Crippen molar-refractivity contribution in [3.63, 3.8) is 0 Å². The first-order chi connectivity index (χ1) is 27.2. The molecule has 0 amide bonds. The van der Waals surface area contributed by atoms with Gasteiger partial charge in [-0.25, -0.2) is 0 Å². The third-order valence-electron chi connectivity index (χ3n) is 11.8. The minimum absolute atomic E-state index is 0.932. The molecule has 1 heteroatoms. The van der Waals surface area contributed by atoms with E-state index in [1.54, 1.807) is 0 Å². The molecule has 0 fully saturated rings. The number of hydrogen-bond donors (Lipinski definition) is 0. The van der Waals surface area contributed by atoms with Gasteiger partial charge in [-0.05, 0) is 135 Å². The van der Waals surface area contributed by atoms with Crippen molar-refractivity contribution < 1.29 is 4.42 Å². The maximum Gasteiger partial charge on any atom is 0.143 e. The summed E-state index contributed by atoms with van der Waals surface area (Å²) in [6, 6.07) is 71.2. The van der Waals surface area contributed by atoms with Gasteiger partial charge in [-0.3, -0.25) is 0 Å². The maximum absolute atomic E-state index is 6.52. The molecule has 0 radical (unpaired) electrons. The number of furan rings is 1. The summed E-state index contributed by atoms with van der Waals surface area (Å²) >= 11 is 0. The van der Waals surface area contributed by atoms with Gasteiger partial charge in [-0.1, -0.05) is 152 Å². The fourth-order valence-electron chi connectivity index (χ4n) is 9.19. The largest absolute Gasteiger partial charge is 0.455 e. The van der Waals surface area contributed by atoms with Crippen LogP contribution in [-0.4, -0.2) is 0 Å². The molecule has 0 atom stereocenters. The predicted molar refractivity (Wildman–Crippen MR) is 235 cm³/mol. The van der Waals surface area contributed by atoms with E-state index in [1.165, 1.54) is 98.0 Å². The molecule has 0 aliphatic carbocycles. The van der Waals surface area contributed by atoms with Crippen LogP contribution in [0.1, 0.15) is 0 Å². The molecule has 55 heavy (non-hydrogen) atoms. The standard InChI is InChI=1S/C54H32O/c1-2-11-35-31-41(21-17-33(35)9-1)51-45-13-5-7-15-47(45)52(48-16-8-6-14-46(48)51)42-22-20-37-29-36(18-19-38(37)32-42)39-23-26-44-40(30-39)24-27-49-53-43-12-4-3-10-34(43)25-28-50(53)55-54(44)49/h1-32H. The quantitative estimate of drug-likeness (QED) is 0.168. The second-order valence-corrected chi connectivity index (χ2v) is 14.8. The van der Waals surface area contributed by atoms with Gasteiger partial charge in [0.25, 0.3) is 0 Å². The van der Waals surface area contributed by atoms with Crippen molar-refractivity contribution in [1.29, 1.82) is 0 Å². The zero-order chi connectivity index (χ0) is 36.0. The molecule has 0 bridgehead atoms. The van der Waals surface area contributed by atoms with Crippen molar-refractivity contribution in [3.05, 3.63) is 194 Å². The van der Waals surface area contributed by atoms with Crippen molar-refractivity contribution in [2.45, 2.75) is 0 Å². The zero-order valence-corrected chi connectivity index (χ0v) is 29.9. The summed E-state index contributed by atoms with van der Waals surface area (Å²) in [4.78, 5) is 0. The molecule has 12 aromatic rings. The van der Waals surface area contributed by atoms with Gasteiger partial charge in [-0.2, -0.15) is 0 Å². The lowest BCUT2D eigenvalue weighted by Gasteiger charge is -2.18. The molecular formula is C54H32O. The van der Waals surface area contributed by atoms with E-state index < -0.39 is 0 Å². The summed E-state index contributed by atoms with van der Waals surface area (Å²) in [6.07, 6.45) is 0. The number of hydrogen-bond acceptors (Lipinski definition) is 1. The fourth-order valence-corrected chi connectivity index (χ4v) is 9.19. The Kier molecular flexibility index (Phi) is 6.40. The third kappa shape index (κ3) is 4.60. The van der Waals surface area contributed by atoms with E-state index in [4.69, 9.17) is 4.42 Å². The van der Waals surface area contributed by atoms with Crippen LogP contribution in [-0.2, 0) is 0 Å². The second kappa shape index (κ2) is 11.6. The Morgan fingerprint density at radius 3 is 1.33 bits per heavy atom. The van der Waals surface area contributed by atoms with E-state index in [0.29, 0.717) is 0 Å². The first-order valence-corrected chi connectivity index (χ1v) is 19.0. The van der Waals surface area contributed by atoms with Gasteiger partial charge in [0.15, 0.2) is 0 Å². The Morgan fingerprint density at radius 1 is 0.255 bits per heavy atom. The number of rotatable bonds is 3. The van der Waals surface area contributed by atoms with E-state index in [-0.39, 0.29) is 0 Å². The lowest BCUT2D eigenvalue weighted by Crippen LogP contribution is -1.91. The van der Waals surface area contributed by atoms with Gasteiger partial charge in [0.1, 0.15) is 11.2 Å². The van der Waals surface area contributed by atoms with E-state index in [0.717, 1.165) is 21.9 Å². The molecule has 0 saturated carbocycles. The average molecular weight is 697 g/mol. The molecule has 1 nitrogen and oxygen atoms in total. The molecule has 12 rings (SSSR count). The van der Waals surface area contributed by atoms with Crippen LogP contribution in [0, 0.1) is 0 Å². The smallest absolute Gasteiger partial charge is 0.143 e. The first kappa shape index (κ1) is 30.3. The van der Waals surface area contributed by atoms with Crippen LogP contribution < -0.4 is 0 Å². The van der Waals surface area contributed by atoms with Gasteiger partial charge in [-0.15, -0.1) is 0 Å². The Bertz CT molecular complexity index is 3490. The van der Waals surface area contributed by atoms with Gasteiger partial charge >= 0.3 is 0 Å². The van der Waals surface area contributed by atoms with Crippen molar-refractivity contribution in [3.8, 4) is 33.4 Å². The lowest BCUT2D eigenvalue weighted by molar-refractivity contribution is 0.673. The van der Waals surface area contributed by atoms with E-state index in [1.807, 2.05) is 0 Å². The summed E-state index contributed by atoms with van der Waals surface area (Å²) in [7, 11) is 0. The van der Waals surface area contributed by atoms with Gasteiger partial charge in [0, 0.05) is 16.2 Å². The second-order valence-electron chi connectivity index (χ2n) is 14.8. The van der Waals surface area contributed by atoms with E-state index in [2.05, 4.69) is 194 Å². The van der Waals surface area contributed by atoms with Crippen LogP contribution in [0.3, 0.4) is 0 Å². The Hall–Kier alpha value is -7.22. The monoisotopic (exact) mass is 696 g/mol. The Labute approximate surface area is 317 Å². The van der Waals surface area contributed by atoms with Gasteiger partial charge in [0.05, 0.1) is 0 Å². The molecule has 0 spiro atoms. The van der Waals surface area contributed by atoms with Gasteiger partial charge in [0.2, 0.25) is 0 Å². The highest BCUT2D eigenvalue weighted by Gasteiger charge is 2.18. The summed E-state index contributed by atoms with van der Waals surface area (Å²) in [6.45, 7) is 0. The minimum atomic E-state index is 0.932. The summed E-state index contributed by atoms with van der Waals surface area (Å²) in [5.74, 6) is 0. The van der Waals surface area contributed by atoms with Crippen LogP contribution >= 0.6 is 0 Å². The average Bonchev–Trinajstić information content (AvgIpc) is 3.65. The molecule has 0 aliphatic heterocycles. The normalized spacial score (nSPS) is 12.0. The van der Waals surface area contributed by atoms with Crippen molar-refractivity contribution >= 4 is 86.6 Å². The first-order valence-electron chi connectivity index (χ1n) is 19.0. The number of benzene rings is 11. The summed E-state index contributed by atoms with van der Waals surface area (Å²) in [5.41, 5.74) is 9.32. The molecule has 0 N–H and O–H groups in total. The highest BCUT2D eigenvalue weighted by Crippen LogP contribution is 2.45. The van der Waals surface area contributed by atoms with Crippen LogP contribution in [0.4, 0.5) is 0 Å². The molecule has 1 heterocycles. The summed E-state index contributed by atoms with van der Waals surface area (Å²) in [5, 5.41) is 17.2. The minimum Gasteiger partial charge on any atom is -0.455 e. The molecule has 0 aliphatic rings. The van der Waals surface area contributed by atoms with Crippen LogP contribution in [0.5, 0.6) is 0 Å². The fraction of sp³-hybridized carbons (Fsp3) is 0. The van der Waals surface area contributed by atoms with Crippen LogP contribution in [0.25, 0.3) is 120 Å². The molecule has 0 unspecified atom stereocenters. The summed E-state index contributed by atoms with van der Waals surface area (Å²) < 4.78 is 6.52. The molecule has 254 valence electrons. The Morgan fingerprint density at radius 2 is 0.673 bits per heavy atom. The SMILES string of the molecule is c1ccc2cc(-c3c4ccccc4c(-c4ccc5cc(-c6ccc7c(ccc8c7oc7ccc9ccccc9c78)c6)ccc5c4)c4ccccc34)ccc2c1. The van der Waals surface area contributed by atoms with E-state index >= 15 is 0 Å². The van der Waals surface area contributed by atoms with Crippen molar-refractivity contribution in [1.82, 2.24) is 0 Å². The number of fused-ring (bicyclic) bond motifs is 11. The topological polar surface area (TPSA) is 13.1 Å². The molecular weight excluding hydrogens is 665 g/mol. The van der Waals surface area contributed by atoms with Crippen LogP contribution in [0.2, 0.25) is 0 Å². The van der Waals surface area contributed by atoms with Crippen molar-refractivity contribution in [2.75, 3.05) is 0 Å². The molecule has 0 saturated heterocycles. The molecule has 1 aromatic heterocycles. The highest BCUT2D eigenvalue weighted by atomic mass is 16.3.